The van der Waals surface area contributed by atoms with Gasteiger partial charge in [0.15, 0.2) is 0 Å². The topological polar surface area (TPSA) is 21.8 Å². The number of para-hydroxylation sites is 1. The molecule has 0 N–H and O–H groups in total. The smallest absolute Gasteiger partial charge is 0.122 e. The quantitative estimate of drug-likeness (QED) is 0.183. The van der Waals surface area contributed by atoms with Gasteiger partial charge in [0.1, 0.15) is 18.5 Å². The summed E-state index contributed by atoms with van der Waals surface area (Å²) in [5.74, 6) is 1.05. The molecule has 0 radical (unpaired) electrons. The summed E-state index contributed by atoms with van der Waals surface area (Å²) in [6.07, 6.45) is 20.9. The maximum Gasteiger partial charge on any atom is 0.122 e. The van der Waals surface area contributed by atoms with Crippen molar-refractivity contribution in [2.45, 2.75) is 90.1 Å². The van der Waals surface area contributed by atoms with E-state index in [4.69, 9.17) is 9.47 Å². The molecule has 1 heterocycles. The first-order chi connectivity index (χ1) is 12.9. The van der Waals surface area contributed by atoms with Crippen LogP contribution in [0.25, 0.3) is 0 Å². The molecular weight excluding hydrogens is 320 g/mol. The van der Waals surface area contributed by atoms with E-state index in [1.54, 1.807) is 0 Å². The first-order valence-corrected chi connectivity index (χ1v) is 10.9. The Balaban J connectivity index is 1.45. The third-order valence-electron chi connectivity index (χ3n) is 5.01. The van der Waals surface area contributed by atoms with Crippen molar-refractivity contribution < 1.29 is 9.47 Å². The van der Waals surface area contributed by atoms with Gasteiger partial charge in [0.2, 0.25) is 0 Å². The van der Waals surface area contributed by atoms with Crippen LogP contribution in [0, 0.1) is 0 Å². The van der Waals surface area contributed by atoms with Crippen LogP contribution in [0.1, 0.15) is 83.1 Å². The molecule has 1 aromatic rings. The molecule has 1 fully saturated rings. The van der Waals surface area contributed by atoms with E-state index in [0.29, 0.717) is 12.7 Å². The summed E-state index contributed by atoms with van der Waals surface area (Å²) in [7, 11) is 0. The van der Waals surface area contributed by atoms with Crippen molar-refractivity contribution in [2.24, 2.45) is 0 Å². The Morgan fingerprint density at radius 1 is 0.923 bits per heavy atom. The number of epoxide rings is 1. The van der Waals surface area contributed by atoms with Crippen molar-refractivity contribution in [1.29, 1.82) is 0 Å². The third kappa shape index (κ3) is 10.0. The summed E-state index contributed by atoms with van der Waals surface area (Å²) in [4.78, 5) is 0. The molecule has 1 aromatic carbocycles. The highest BCUT2D eigenvalue weighted by molar-refractivity contribution is 5.33. The molecule has 1 saturated heterocycles. The van der Waals surface area contributed by atoms with E-state index >= 15 is 0 Å². The minimum absolute atomic E-state index is 0.326. The first-order valence-electron chi connectivity index (χ1n) is 10.9. The summed E-state index contributed by atoms with van der Waals surface area (Å²) < 4.78 is 11.1. The number of hydrogen-bond donors (Lipinski definition) is 0. The summed E-state index contributed by atoms with van der Waals surface area (Å²) in [5, 5.41) is 0. The number of rotatable bonds is 16. The van der Waals surface area contributed by atoms with Crippen molar-refractivity contribution in [3.8, 4) is 5.75 Å². The zero-order valence-electron chi connectivity index (χ0n) is 16.8. The van der Waals surface area contributed by atoms with Gasteiger partial charge in [0, 0.05) is 0 Å². The predicted molar refractivity (Wildman–Crippen MR) is 111 cm³/mol. The number of benzene rings is 1. The number of ether oxygens (including phenoxy) is 2. The predicted octanol–water partition coefficient (Wildman–Crippen LogP) is 6.87. The average Bonchev–Trinajstić information content (AvgIpc) is 3.49. The Morgan fingerprint density at radius 3 is 2.27 bits per heavy atom. The molecule has 1 unspecified atom stereocenters. The van der Waals surface area contributed by atoms with Gasteiger partial charge in [-0.05, 0) is 50.2 Å². The van der Waals surface area contributed by atoms with Crippen LogP contribution in [-0.4, -0.2) is 19.3 Å². The van der Waals surface area contributed by atoms with Gasteiger partial charge in [0.25, 0.3) is 0 Å². The van der Waals surface area contributed by atoms with Gasteiger partial charge < -0.3 is 9.47 Å². The molecule has 0 aromatic heterocycles. The molecule has 1 aliphatic rings. The van der Waals surface area contributed by atoms with Gasteiger partial charge in [-0.25, -0.2) is 0 Å². The van der Waals surface area contributed by atoms with Crippen LogP contribution >= 0.6 is 0 Å². The van der Waals surface area contributed by atoms with Crippen LogP contribution < -0.4 is 4.74 Å². The fourth-order valence-corrected chi connectivity index (χ4v) is 3.23. The second kappa shape index (κ2) is 13.9. The molecule has 26 heavy (non-hydrogen) atoms. The highest BCUT2D eigenvalue weighted by Gasteiger charge is 2.23. The van der Waals surface area contributed by atoms with E-state index in [0.717, 1.165) is 18.8 Å². The standard InChI is InChI=1S/C24H38O2/c1-2-3-4-5-6-7-8-9-10-11-12-13-14-17-22-18-15-16-19-24(22)26-21-23-20-25-23/h8-9,15-16,18-19,23H,2-7,10-14,17,20-21H2,1H3/b9-8+. The van der Waals surface area contributed by atoms with Crippen LogP contribution in [0.2, 0.25) is 0 Å². The second-order valence-corrected chi connectivity index (χ2v) is 7.50. The molecule has 0 saturated carbocycles. The minimum Gasteiger partial charge on any atom is -0.491 e. The number of hydrogen-bond acceptors (Lipinski definition) is 2. The zero-order valence-corrected chi connectivity index (χ0v) is 16.8. The van der Waals surface area contributed by atoms with Crippen LogP contribution in [0.5, 0.6) is 5.75 Å². The molecule has 146 valence electrons. The SMILES string of the molecule is CCCCCCC/C=C/CCCCCCc1ccccc1OCC1CO1. The molecule has 2 rings (SSSR count). The fraction of sp³-hybridized carbons (Fsp3) is 0.667. The Hall–Kier alpha value is -1.28. The lowest BCUT2D eigenvalue weighted by Crippen LogP contribution is -2.05. The minimum atomic E-state index is 0.326. The lowest BCUT2D eigenvalue weighted by Gasteiger charge is -2.10. The fourth-order valence-electron chi connectivity index (χ4n) is 3.23. The van der Waals surface area contributed by atoms with Gasteiger partial charge in [-0.1, -0.05) is 75.8 Å². The van der Waals surface area contributed by atoms with E-state index in [1.807, 2.05) is 0 Å². The molecular formula is C24H38O2. The molecule has 0 bridgehead atoms. The maximum absolute atomic E-state index is 5.89. The van der Waals surface area contributed by atoms with Crippen molar-refractivity contribution in [2.75, 3.05) is 13.2 Å². The van der Waals surface area contributed by atoms with Gasteiger partial charge >= 0.3 is 0 Å². The van der Waals surface area contributed by atoms with Crippen molar-refractivity contribution in [3.05, 3.63) is 42.0 Å². The van der Waals surface area contributed by atoms with Crippen LogP contribution in [0.4, 0.5) is 0 Å². The van der Waals surface area contributed by atoms with Gasteiger partial charge in [-0.2, -0.15) is 0 Å². The van der Waals surface area contributed by atoms with Crippen molar-refractivity contribution in [1.82, 2.24) is 0 Å². The highest BCUT2D eigenvalue weighted by Crippen LogP contribution is 2.22. The highest BCUT2D eigenvalue weighted by atomic mass is 16.6. The molecule has 0 amide bonds. The van der Waals surface area contributed by atoms with Gasteiger partial charge in [-0.15, -0.1) is 0 Å². The van der Waals surface area contributed by atoms with Crippen LogP contribution in [0.15, 0.2) is 36.4 Å². The average molecular weight is 359 g/mol. The van der Waals surface area contributed by atoms with Crippen LogP contribution in [-0.2, 0) is 11.2 Å². The summed E-state index contributed by atoms with van der Waals surface area (Å²) >= 11 is 0. The largest absolute Gasteiger partial charge is 0.491 e. The third-order valence-corrected chi connectivity index (χ3v) is 5.01. The normalized spacial score (nSPS) is 16.3. The molecule has 1 aliphatic heterocycles. The van der Waals surface area contributed by atoms with Crippen LogP contribution in [0.3, 0.4) is 0 Å². The van der Waals surface area contributed by atoms with Crippen molar-refractivity contribution in [3.63, 3.8) is 0 Å². The van der Waals surface area contributed by atoms with E-state index in [-0.39, 0.29) is 0 Å². The van der Waals surface area contributed by atoms with Crippen molar-refractivity contribution >= 4 is 0 Å². The monoisotopic (exact) mass is 358 g/mol. The zero-order chi connectivity index (χ0) is 18.3. The summed E-state index contributed by atoms with van der Waals surface area (Å²) in [6, 6.07) is 8.46. The molecule has 2 heteroatoms. The second-order valence-electron chi connectivity index (χ2n) is 7.50. The maximum atomic E-state index is 5.89. The Morgan fingerprint density at radius 2 is 1.58 bits per heavy atom. The van der Waals surface area contributed by atoms with Gasteiger partial charge in [0.05, 0.1) is 6.61 Å². The Labute approximate surface area is 161 Å². The number of unbranched alkanes of at least 4 members (excludes halogenated alkanes) is 9. The molecule has 2 nitrogen and oxygen atoms in total. The first kappa shape index (κ1) is 21.0. The molecule has 0 aliphatic carbocycles. The van der Waals surface area contributed by atoms with E-state index in [9.17, 15) is 0 Å². The van der Waals surface area contributed by atoms with E-state index < -0.39 is 0 Å². The molecule has 1 atom stereocenters. The Kier molecular flexibility index (Phi) is 11.2. The van der Waals surface area contributed by atoms with E-state index in [1.165, 1.54) is 76.2 Å². The lowest BCUT2D eigenvalue weighted by atomic mass is 10.0. The lowest BCUT2D eigenvalue weighted by molar-refractivity contribution is 0.261. The number of allylic oxidation sites excluding steroid dienone is 2. The molecule has 0 spiro atoms. The van der Waals surface area contributed by atoms with Gasteiger partial charge in [-0.3, -0.25) is 0 Å². The summed E-state index contributed by atoms with van der Waals surface area (Å²) in [6.45, 7) is 3.83. The van der Waals surface area contributed by atoms with E-state index in [2.05, 4.69) is 43.3 Å². The Bertz CT molecular complexity index is 491. The summed E-state index contributed by atoms with van der Waals surface area (Å²) in [5.41, 5.74) is 1.34. The number of aryl methyl sites for hydroxylation is 1.